The molecular weight excluding hydrogens is 316 g/mol. The number of likely N-dealkylation sites (tertiary alicyclic amines) is 1. The normalized spacial score (nSPS) is 15.4. The van der Waals surface area contributed by atoms with Crippen molar-refractivity contribution in [1.82, 2.24) is 10.2 Å². The van der Waals surface area contributed by atoms with E-state index in [1.807, 2.05) is 35.2 Å². The maximum Gasteiger partial charge on any atom is 0.224 e. The summed E-state index contributed by atoms with van der Waals surface area (Å²) >= 11 is 0. The van der Waals surface area contributed by atoms with Crippen LogP contribution in [0.5, 0.6) is 0 Å². The predicted octanol–water partition coefficient (Wildman–Crippen LogP) is 2.60. The number of hydrogen-bond acceptors (Lipinski definition) is 3. The van der Waals surface area contributed by atoms with Gasteiger partial charge in [-0.25, -0.2) is 0 Å². The molecule has 0 atom stereocenters. The summed E-state index contributed by atoms with van der Waals surface area (Å²) in [6.45, 7) is 7.24. The lowest BCUT2D eigenvalue weighted by atomic mass is 9.95. The van der Waals surface area contributed by atoms with Crippen molar-refractivity contribution in [2.24, 2.45) is 11.8 Å². The molecule has 1 fully saturated rings. The van der Waals surface area contributed by atoms with Gasteiger partial charge in [0, 0.05) is 32.2 Å². The highest BCUT2D eigenvalue weighted by Gasteiger charge is 2.26. The first-order valence-electron chi connectivity index (χ1n) is 9.23. The number of rotatable bonds is 8. The molecule has 0 spiro atoms. The summed E-state index contributed by atoms with van der Waals surface area (Å²) in [5.41, 5.74) is 1.10. The molecule has 1 aliphatic heterocycles. The monoisotopic (exact) mass is 346 g/mol. The zero-order chi connectivity index (χ0) is 18.1. The van der Waals surface area contributed by atoms with Gasteiger partial charge < -0.3 is 15.0 Å². The summed E-state index contributed by atoms with van der Waals surface area (Å²) in [6, 6.07) is 9.91. The number of nitrogens with one attached hydrogen (secondary N) is 1. The second kappa shape index (κ2) is 10.2. The van der Waals surface area contributed by atoms with Crippen LogP contribution in [0.1, 0.15) is 38.7 Å². The van der Waals surface area contributed by atoms with Crippen molar-refractivity contribution in [2.75, 3.05) is 26.3 Å². The highest BCUT2D eigenvalue weighted by Crippen LogP contribution is 2.18. The lowest BCUT2D eigenvalue weighted by molar-refractivity contribution is -0.136. The number of piperidine rings is 1. The number of carbonyl (C=O) groups is 2. The molecular formula is C20H30N2O3. The summed E-state index contributed by atoms with van der Waals surface area (Å²) < 4.78 is 5.48. The van der Waals surface area contributed by atoms with Crippen molar-refractivity contribution < 1.29 is 14.3 Å². The highest BCUT2D eigenvalue weighted by molar-refractivity contribution is 5.80. The third kappa shape index (κ3) is 6.86. The first-order chi connectivity index (χ1) is 12.1. The zero-order valence-corrected chi connectivity index (χ0v) is 15.4. The summed E-state index contributed by atoms with van der Waals surface area (Å²) in [4.78, 5) is 26.3. The van der Waals surface area contributed by atoms with Gasteiger partial charge in [-0.05, 0) is 24.3 Å². The van der Waals surface area contributed by atoms with Crippen molar-refractivity contribution in [1.29, 1.82) is 0 Å². The Morgan fingerprint density at radius 1 is 1.20 bits per heavy atom. The molecule has 0 aromatic heterocycles. The average molecular weight is 346 g/mol. The van der Waals surface area contributed by atoms with Gasteiger partial charge in [0.25, 0.3) is 0 Å². The molecule has 138 valence electrons. The Hall–Kier alpha value is -1.88. The minimum atomic E-state index is 0.00459. The zero-order valence-electron chi connectivity index (χ0n) is 15.4. The molecule has 1 heterocycles. The van der Waals surface area contributed by atoms with Gasteiger partial charge >= 0.3 is 0 Å². The molecule has 1 saturated heterocycles. The molecule has 2 amide bonds. The average Bonchev–Trinajstić information content (AvgIpc) is 2.64. The van der Waals surface area contributed by atoms with Gasteiger partial charge in [0.05, 0.1) is 13.0 Å². The fraction of sp³-hybridized carbons (Fsp3) is 0.600. The van der Waals surface area contributed by atoms with Gasteiger partial charge in [-0.1, -0.05) is 44.2 Å². The van der Waals surface area contributed by atoms with Crippen molar-refractivity contribution in [3.8, 4) is 0 Å². The molecule has 1 aromatic carbocycles. The Labute approximate surface area is 150 Å². The van der Waals surface area contributed by atoms with E-state index in [0.717, 1.165) is 18.4 Å². The van der Waals surface area contributed by atoms with Crippen LogP contribution in [0.2, 0.25) is 0 Å². The molecule has 0 saturated carbocycles. The summed E-state index contributed by atoms with van der Waals surface area (Å²) in [5.74, 6) is 0.716. The Morgan fingerprint density at radius 3 is 2.52 bits per heavy atom. The maximum atomic E-state index is 12.3. The van der Waals surface area contributed by atoms with Crippen LogP contribution in [0.3, 0.4) is 0 Å². The number of amides is 2. The Kier molecular flexibility index (Phi) is 7.92. The second-order valence-electron chi connectivity index (χ2n) is 7.08. The smallest absolute Gasteiger partial charge is 0.224 e. The number of ether oxygens (including phenoxy) is 1. The van der Waals surface area contributed by atoms with E-state index in [4.69, 9.17) is 4.74 Å². The first kappa shape index (κ1) is 19.4. The van der Waals surface area contributed by atoms with Crippen LogP contribution in [0.25, 0.3) is 0 Å². The Bertz CT molecular complexity index is 537. The molecule has 0 aliphatic carbocycles. The molecule has 1 N–H and O–H groups in total. The Balaban J connectivity index is 1.64. The van der Waals surface area contributed by atoms with E-state index in [1.165, 1.54) is 0 Å². The predicted molar refractivity (Wildman–Crippen MR) is 97.9 cm³/mol. The molecule has 2 rings (SSSR count). The topological polar surface area (TPSA) is 58.6 Å². The van der Waals surface area contributed by atoms with Crippen LogP contribution in [0.15, 0.2) is 30.3 Å². The number of nitrogens with zero attached hydrogens (tertiary/aromatic N) is 1. The van der Waals surface area contributed by atoms with E-state index < -0.39 is 0 Å². The van der Waals surface area contributed by atoms with Crippen LogP contribution < -0.4 is 5.32 Å². The fourth-order valence-corrected chi connectivity index (χ4v) is 2.96. The molecule has 5 nitrogen and oxygen atoms in total. The molecule has 1 aromatic rings. The highest BCUT2D eigenvalue weighted by atomic mass is 16.5. The standard InChI is InChI=1S/C20H30N2O3/c1-16(2)15-25-13-10-19(23)22-11-8-18(9-12-22)20(24)21-14-17-6-4-3-5-7-17/h3-7,16,18H,8-15H2,1-2H3,(H,21,24). The van der Waals surface area contributed by atoms with E-state index in [2.05, 4.69) is 19.2 Å². The quantitative estimate of drug-likeness (QED) is 0.736. The molecule has 25 heavy (non-hydrogen) atoms. The van der Waals surface area contributed by atoms with Gasteiger partial charge in [-0.2, -0.15) is 0 Å². The molecule has 5 heteroatoms. The van der Waals surface area contributed by atoms with E-state index in [0.29, 0.717) is 45.2 Å². The van der Waals surface area contributed by atoms with Crippen molar-refractivity contribution in [2.45, 2.75) is 39.7 Å². The van der Waals surface area contributed by atoms with E-state index in [1.54, 1.807) is 0 Å². The minimum absolute atomic E-state index is 0.00459. The van der Waals surface area contributed by atoms with Gasteiger partial charge in [-0.15, -0.1) is 0 Å². The number of benzene rings is 1. The van der Waals surface area contributed by atoms with Crippen molar-refractivity contribution in [3.05, 3.63) is 35.9 Å². The van der Waals surface area contributed by atoms with E-state index in [9.17, 15) is 9.59 Å². The van der Waals surface area contributed by atoms with Crippen molar-refractivity contribution >= 4 is 11.8 Å². The molecule has 0 radical (unpaired) electrons. The van der Waals surface area contributed by atoms with E-state index >= 15 is 0 Å². The minimum Gasteiger partial charge on any atom is -0.381 e. The van der Waals surface area contributed by atoms with E-state index in [-0.39, 0.29) is 17.7 Å². The van der Waals surface area contributed by atoms with Gasteiger partial charge in [0.1, 0.15) is 0 Å². The van der Waals surface area contributed by atoms with Crippen LogP contribution in [0.4, 0.5) is 0 Å². The molecule has 1 aliphatic rings. The number of hydrogen-bond donors (Lipinski definition) is 1. The largest absolute Gasteiger partial charge is 0.381 e. The van der Waals surface area contributed by atoms with Crippen LogP contribution >= 0.6 is 0 Å². The summed E-state index contributed by atoms with van der Waals surface area (Å²) in [7, 11) is 0. The lowest BCUT2D eigenvalue weighted by Crippen LogP contribution is -2.43. The third-order valence-corrected chi connectivity index (χ3v) is 4.44. The van der Waals surface area contributed by atoms with Crippen LogP contribution in [-0.4, -0.2) is 43.0 Å². The summed E-state index contributed by atoms with van der Waals surface area (Å²) in [6.07, 6.45) is 1.90. The first-order valence-corrected chi connectivity index (χ1v) is 9.23. The second-order valence-corrected chi connectivity index (χ2v) is 7.08. The van der Waals surface area contributed by atoms with Gasteiger partial charge in [0.15, 0.2) is 0 Å². The maximum absolute atomic E-state index is 12.3. The Morgan fingerprint density at radius 2 is 1.88 bits per heavy atom. The van der Waals surface area contributed by atoms with Gasteiger partial charge in [0.2, 0.25) is 11.8 Å². The SMILES string of the molecule is CC(C)COCCC(=O)N1CCC(C(=O)NCc2ccccc2)CC1. The lowest BCUT2D eigenvalue weighted by Gasteiger charge is -2.31. The van der Waals surface area contributed by atoms with Gasteiger partial charge in [-0.3, -0.25) is 9.59 Å². The van der Waals surface area contributed by atoms with Crippen molar-refractivity contribution in [3.63, 3.8) is 0 Å². The third-order valence-electron chi connectivity index (χ3n) is 4.44. The molecule has 0 bridgehead atoms. The van der Waals surface area contributed by atoms with Crippen LogP contribution in [-0.2, 0) is 20.9 Å². The summed E-state index contributed by atoms with van der Waals surface area (Å²) in [5, 5.41) is 3.00. The van der Waals surface area contributed by atoms with Crippen LogP contribution in [0, 0.1) is 11.8 Å². The fourth-order valence-electron chi connectivity index (χ4n) is 2.96. The molecule has 0 unspecified atom stereocenters. The number of carbonyl (C=O) groups excluding carboxylic acids is 2.